The van der Waals surface area contributed by atoms with Crippen molar-refractivity contribution in [2.24, 2.45) is 5.92 Å². The molecule has 1 aromatic rings. The zero-order valence-corrected chi connectivity index (χ0v) is 11.5. The van der Waals surface area contributed by atoms with Crippen LogP contribution in [0, 0.1) is 5.92 Å². The van der Waals surface area contributed by atoms with E-state index in [1.165, 1.54) is 12.1 Å². The van der Waals surface area contributed by atoms with Gasteiger partial charge in [-0.3, -0.25) is 9.69 Å². The first-order valence-electron chi connectivity index (χ1n) is 7.19. The van der Waals surface area contributed by atoms with Crippen molar-refractivity contribution in [1.82, 2.24) is 4.90 Å². The molecule has 0 saturated carbocycles. The van der Waals surface area contributed by atoms with Gasteiger partial charge in [0.05, 0.1) is 5.69 Å². The van der Waals surface area contributed by atoms with Crippen LogP contribution in [0.1, 0.15) is 12.8 Å². The number of rotatable bonds is 1. The first kappa shape index (κ1) is 12.6. The zero-order chi connectivity index (χ0) is 14.6. The lowest BCUT2D eigenvalue weighted by Gasteiger charge is -2.48. The number of benzene rings is 1. The van der Waals surface area contributed by atoms with Crippen molar-refractivity contribution in [1.29, 1.82) is 0 Å². The molecule has 21 heavy (non-hydrogen) atoms. The largest absolute Gasteiger partial charge is 0.508 e. The molecule has 0 aromatic heterocycles. The van der Waals surface area contributed by atoms with Gasteiger partial charge in [-0.05, 0) is 38.1 Å². The maximum absolute atomic E-state index is 12.9. The third kappa shape index (κ3) is 1.68. The second-order valence-corrected chi connectivity index (χ2v) is 5.97. The van der Waals surface area contributed by atoms with E-state index in [0.29, 0.717) is 12.2 Å². The summed E-state index contributed by atoms with van der Waals surface area (Å²) in [6.45, 7) is 2.41. The summed E-state index contributed by atoms with van der Waals surface area (Å²) in [4.78, 5) is 28.3. The van der Waals surface area contributed by atoms with Gasteiger partial charge in [-0.15, -0.1) is 0 Å². The molecule has 4 aliphatic rings. The summed E-state index contributed by atoms with van der Waals surface area (Å²) in [6.07, 6.45) is 1.12. The van der Waals surface area contributed by atoms with Gasteiger partial charge in [0, 0.05) is 18.5 Å². The van der Waals surface area contributed by atoms with Gasteiger partial charge in [0.2, 0.25) is 5.60 Å². The summed E-state index contributed by atoms with van der Waals surface area (Å²) < 4.78 is 5.56. The van der Waals surface area contributed by atoms with Crippen LogP contribution in [0.15, 0.2) is 24.3 Å². The van der Waals surface area contributed by atoms with Crippen LogP contribution in [-0.2, 0) is 9.53 Å². The van der Waals surface area contributed by atoms with E-state index in [2.05, 4.69) is 4.90 Å². The van der Waals surface area contributed by atoms with E-state index in [1.54, 1.807) is 12.1 Å². The van der Waals surface area contributed by atoms with Gasteiger partial charge < -0.3 is 9.84 Å². The molecule has 1 spiro atoms. The Bertz CT molecular complexity index is 624. The van der Waals surface area contributed by atoms with E-state index >= 15 is 0 Å². The number of phenols is 1. The SMILES string of the molecule is O=C1OC2(CN3CCC2CC3)C(=O)N1c1cccc(O)c1. The highest BCUT2D eigenvalue weighted by molar-refractivity contribution is 6.20. The first-order chi connectivity index (χ1) is 10.1. The average Bonchev–Trinajstić information content (AvgIpc) is 2.71. The van der Waals surface area contributed by atoms with Crippen molar-refractivity contribution in [2.45, 2.75) is 18.4 Å². The van der Waals surface area contributed by atoms with Crippen LogP contribution in [0.5, 0.6) is 5.75 Å². The van der Waals surface area contributed by atoms with Crippen molar-refractivity contribution >= 4 is 17.7 Å². The molecule has 4 heterocycles. The molecule has 2 bridgehead atoms. The number of amides is 2. The fourth-order valence-electron chi connectivity index (χ4n) is 3.75. The van der Waals surface area contributed by atoms with Gasteiger partial charge >= 0.3 is 6.09 Å². The molecule has 5 rings (SSSR count). The molecule has 2 amide bonds. The van der Waals surface area contributed by atoms with Crippen molar-refractivity contribution in [2.75, 3.05) is 24.5 Å². The van der Waals surface area contributed by atoms with Crippen LogP contribution in [-0.4, -0.2) is 47.2 Å². The number of anilines is 1. The summed E-state index contributed by atoms with van der Waals surface area (Å²) in [6, 6.07) is 6.13. The maximum Gasteiger partial charge on any atom is 0.422 e. The number of piperidine rings is 3. The molecule has 6 heteroatoms. The number of carbonyl (C=O) groups excluding carboxylic acids is 2. The van der Waals surface area contributed by atoms with Crippen molar-refractivity contribution < 1.29 is 19.4 Å². The lowest BCUT2D eigenvalue weighted by molar-refractivity contribution is -0.148. The molecule has 0 aliphatic carbocycles. The summed E-state index contributed by atoms with van der Waals surface area (Å²) in [5.74, 6) is -0.184. The van der Waals surface area contributed by atoms with Crippen LogP contribution < -0.4 is 4.90 Å². The quantitative estimate of drug-likeness (QED) is 0.844. The molecule has 1 aromatic carbocycles. The number of imide groups is 1. The number of phenolic OH excluding ortho intramolecular Hbond substituents is 1. The summed E-state index contributed by atoms with van der Waals surface area (Å²) in [5, 5.41) is 9.55. The van der Waals surface area contributed by atoms with E-state index in [9.17, 15) is 14.7 Å². The number of aromatic hydroxyl groups is 1. The number of fused-ring (bicyclic) bond motifs is 2. The average molecular weight is 288 g/mol. The van der Waals surface area contributed by atoms with Crippen molar-refractivity contribution in [3.8, 4) is 5.75 Å². The van der Waals surface area contributed by atoms with E-state index in [0.717, 1.165) is 30.8 Å². The van der Waals surface area contributed by atoms with Gasteiger partial charge in [0.25, 0.3) is 5.91 Å². The Morgan fingerprint density at radius 2 is 2.00 bits per heavy atom. The predicted octanol–water partition coefficient (Wildman–Crippen LogP) is 1.34. The van der Waals surface area contributed by atoms with Gasteiger partial charge in [0.1, 0.15) is 5.75 Å². The Morgan fingerprint density at radius 3 is 2.62 bits per heavy atom. The van der Waals surface area contributed by atoms with Crippen LogP contribution in [0.4, 0.5) is 10.5 Å². The zero-order valence-electron chi connectivity index (χ0n) is 11.5. The predicted molar refractivity (Wildman–Crippen MR) is 74.0 cm³/mol. The first-order valence-corrected chi connectivity index (χ1v) is 7.19. The molecular weight excluding hydrogens is 272 g/mol. The minimum atomic E-state index is -1.03. The van der Waals surface area contributed by atoms with Gasteiger partial charge in [-0.2, -0.15) is 0 Å². The molecule has 4 fully saturated rings. The molecule has 1 atom stereocenters. The van der Waals surface area contributed by atoms with Crippen LogP contribution in [0.3, 0.4) is 0 Å². The van der Waals surface area contributed by atoms with Gasteiger partial charge in [0.15, 0.2) is 0 Å². The highest BCUT2D eigenvalue weighted by Gasteiger charge is 2.62. The molecule has 1 N–H and O–H groups in total. The Hall–Kier alpha value is -2.08. The Balaban J connectivity index is 1.72. The van der Waals surface area contributed by atoms with Crippen molar-refractivity contribution in [3.63, 3.8) is 0 Å². The molecule has 4 aliphatic heterocycles. The van der Waals surface area contributed by atoms with E-state index in [4.69, 9.17) is 4.74 Å². The smallest absolute Gasteiger partial charge is 0.422 e. The van der Waals surface area contributed by atoms with Crippen molar-refractivity contribution in [3.05, 3.63) is 24.3 Å². The number of carbonyl (C=O) groups is 2. The normalized spacial score (nSPS) is 34.6. The topological polar surface area (TPSA) is 70.1 Å². The minimum absolute atomic E-state index is 0.0166. The summed E-state index contributed by atoms with van der Waals surface area (Å²) >= 11 is 0. The van der Waals surface area contributed by atoms with E-state index < -0.39 is 11.7 Å². The number of nitrogens with zero attached hydrogens (tertiary/aromatic N) is 2. The molecule has 4 saturated heterocycles. The van der Waals surface area contributed by atoms with Gasteiger partial charge in [-0.1, -0.05) is 6.07 Å². The highest BCUT2D eigenvalue weighted by Crippen LogP contribution is 2.44. The van der Waals surface area contributed by atoms with Crippen LogP contribution >= 0.6 is 0 Å². The molecule has 1 unspecified atom stereocenters. The third-order valence-corrected chi connectivity index (χ3v) is 4.81. The van der Waals surface area contributed by atoms with Crippen LogP contribution in [0.25, 0.3) is 0 Å². The lowest BCUT2D eigenvalue weighted by atomic mass is 9.75. The van der Waals surface area contributed by atoms with E-state index in [1.807, 2.05) is 0 Å². The molecule has 0 radical (unpaired) electrons. The van der Waals surface area contributed by atoms with Crippen LogP contribution in [0.2, 0.25) is 0 Å². The second-order valence-electron chi connectivity index (χ2n) is 5.97. The second kappa shape index (κ2) is 4.21. The number of hydrogen-bond donors (Lipinski definition) is 1. The Labute approximate surface area is 121 Å². The number of hydrogen-bond acceptors (Lipinski definition) is 5. The molecular formula is C15H16N2O4. The third-order valence-electron chi connectivity index (χ3n) is 4.81. The summed E-state index contributed by atoms with van der Waals surface area (Å²) in [5.41, 5.74) is -0.669. The van der Waals surface area contributed by atoms with E-state index in [-0.39, 0.29) is 17.6 Å². The lowest BCUT2D eigenvalue weighted by Crippen LogP contribution is -2.63. The maximum atomic E-state index is 12.9. The fourth-order valence-corrected chi connectivity index (χ4v) is 3.75. The van der Waals surface area contributed by atoms with Gasteiger partial charge in [-0.25, -0.2) is 9.69 Å². The molecule has 110 valence electrons. The standard InChI is InChI=1S/C15H16N2O4/c18-12-3-1-2-11(8-12)17-13(19)15(21-14(17)20)9-16-6-4-10(15)5-7-16/h1-3,8,10,18H,4-7,9H2. The monoisotopic (exact) mass is 288 g/mol. The Morgan fingerprint density at radius 1 is 1.24 bits per heavy atom. The number of ether oxygens (including phenoxy) is 1. The summed E-state index contributed by atoms with van der Waals surface area (Å²) in [7, 11) is 0. The minimum Gasteiger partial charge on any atom is -0.508 e. The molecule has 6 nitrogen and oxygen atoms in total. The highest BCUT2D eigenvalue weighted by atomic mass is 16.6. The fraction of sp³-hybridized carbons (Fsp3) is 0.467. The Kier molecular flexibility index (Phi) is 2.53.